The Morgan fingerprint density at radius 1 is 1.55 bits per heavy atom. The zero-order chi connectivity index (χ0) is 8.43. The molecule has 11 heavy (non-hydrogen) atoms. The van der Waals surface area contributed by atoms with Crippen LogP contribution in [0.25, 0.3) is 0 Å². The van der Waals surface area contributed by atoms with E-state index in [4.69, 9.17) is 5.26 Å². The average Bonchev–Trinajstić information content (AvgIpc) is 1.96. The maximum Gasteiger partial charge on any atom is 0.154 e. The minimum atomic E-state index is -0.418. The summed E-state index contributed by atoms with van der Waals surface area (Å²) < 4.78 is 13.5. The van der Waals surface area contributed by atoms with Crippen LogP contribution >= 0.6 is 22.6 Å². The molecule has 0 saturated carbocycles. The zero-order valence-electron chi connectivity index (χ0n) is 5.86. The standard InChI is InChI=1S/C8H5FIN/c1-5-2-6(4-11)8(9)7(10)3-5/h2-3H,1H3. The number of nitriles is 1. The van der Waals surface area contributed by atoms with E-state index in [0.717, 1.165) is 5.56 Å². The Morgan fingerprint density at radius 3 is 2.73 bits per heavy atom. The van der Waals surface area contributed by atoms with Gasteiger partial charge in [0.2, 0.25) is 0 Å². The molecule has 0 aliphatic carbocycles. The van der Waals surface area contributed by atoms with Crippen molar-refractivity contribution in [1.82, 2.24) is 0 Å². The summed E-state index contributed by atoms with van der Waals surface area (Å²) in [4.78, 5) is 0. The van der Waals surface area contributed by atoms with Gasteiger partial charge in [-0.15, -0.1) is 0 Å². The number of rotatable bonds is 0. The van der Waals surface area contributed by atoms with Crippen LogP contribution in [0.3, 0.4) is 0 Å². The van der Waals surface area contributed by atoms with Crippen LogP contribution < -0.4 is 0 Å². The van der Waals surface area contributed by atoms with E-state index in [2.05, 4.69) is 0 Å². The highest BCUT2D eigenvalue weighted by molar-refractivity contribution is 14.1. The monoisotopic (exact) mass is 261 g/mol. The Morgan fingerprint density at radius 2 is 2.18 bits per heavy atom. The average molecular weight is 261 g/mol. The van der Waals surface area contributed by atoms with Gasteiger partial charge < -0.3 is 0 Å². The molecule has 0 amide bonds. The van der Waals surface area contributed by atoms with E-state index in [-0.39, 0.29) is 5.56 Å². The molecule has 1 aromatic rings. The van der Waals surface area contributed by atoms with Crippen LogP contribution in [0.5, 0.6) is 0 Å². The number of hydrogen-bond acceptors (Lipinski definition) is 1. The van der Waals surface area contributed by atoms with Crippen molar-refractivity contribution < 1.29 is 4.39 Å². The van der Waals surface area contributed by atoms with Gasteiger partial charge in [0.15, 0.2) is 5.82 Å². The van der Waals surface area contributed by atoms with E-state index in [1.54, 1.807) is 12.1 Å². The normalized spacial score (nSPS) is 9.27. The van der Waals surface area contributed by atoms with Crippen molar-refractivity contribution in [3.63, 3.8) is 0 Å². The summed E-state index contributed by atoms with van der Waals surface area (Å²) in [5.41, 5.74) is 1.03. The first kappa shape index (κ1) is 8.47. The number of halogens is 2. The van der Waals surface area contributed by atoms with Crippen LogP contribution in [0.1, 0.15) is 11.1 Å². The van der Waals surface area contributed by atoms with Crippen LogP contribution in [-0.2, 0) is 0 Å². The fourth-order valence-electron chi connectivity index (χ4n) is 0.806. The molecule has 0 bridgehead atoms. The van der Waals surface area contributed by atoms with E-state index in [0.29, 0.717) is 3.57 Å². The first-order valence-electron chi connectivity index (χ1n) is 3.01. The fraction of sp³-hybridized carbons (Fsp3) is 0.125. The predicted molar refractivity (Wildman–Crippen MR) is 48.6 cm³/mol. The Kier molecular flexibility index (Phi) is 2.45. The third-order valence-corrected chi connectivity index (χ3v) is 2.08. The van der Waals surface area contributed by atoms with Gasteiger partial charge in [0, 0.05) is 0 Å². The molecule has 56 valence electrons. The van der Waals surface area contributed by atoms with Gasteiger partial charge >= 0.3 is 0 Å². The molecule has 0 aliphatic rings. The maximum atomic E-state index is 13.0. The fourth-order valence-corrected chi connectivity index (χ4v) is 1.59. The summed E-state index contributed by atoms with van der Waals surface area (Å²) in [6, 6.07) is 5.04. The van der Waals surface area contributed by atoms with Gasteiger partial charge in [0.1, 0.15) is 6.07 Å². The largest absolute Gasteiger partial charge is 0.204 e. The van der Waals surface area contributed by atoms with Gasteiger partial charge in [-0.05, 0) is 47.2 Å². The van der Waals surface area contributed by atoms with Crippen molar-refractivity contribution in [2.45, 2.75) is 6.92 Å². The second-order valence-electron chi connectivity index (χ2n) is 2.22. The smallest absolute Gasteiger partial charge is 0.154 e. The van der Waals surface area contributed by atoms with Crippen molar-refractivity contribution >= 4 is 22.6 Å². The van der Waals surface area contributed by atoms with Gasteiger partial charge in [-0.1, -0.05) is 0 Å². The van der Waals surface area contributed by atoms with Crippen molar-refractivity contribution in [2.75, 3.05) is 0 Å². The SMILES string of the molecule is Cc1cc(I)c(F)c(C#N)c1. The molecule has 0 fully saturated rings. The Balaban J connectivity index is 3.39. The van der Waals surface area contributed by atoms with Crippen LogP contribution in [-0.4, -0.2) is 0 Å². The molecule has 3 heteroatoms. The highest BCUT2D eigenvalue weighted by Crippen LogP contribution is 2.16. The van der Waals surface area contributed by atoms with Crippen LogP contribution in [0, 0.1) is 27.6 Å². The molecule has 0 unspecified atom stereocenters. The number of aryl methyl sites for hydroxylation is 1. The van der Waals surface area contributed by atoms with E-state index in [1.165, 1.54) is 6.07 Å². The van der Waals surface area contributed by atoms with Gasteiger partial charge in [-0.25, -0.2) is 4.39 Å². The molecule has 0 atom stereocenters. The minimum absolute atomic E-state index is 0.120. The van der Waals surface area contributed by atoms with Gasteiger partial charge in [0.25, 0.3) is 0 Å². The summed E-state index contributed by atoms with van der Waals surface area (Å²) in [7, 11) is 0. The summed E-state index contributed by atoms with van der Waals surface area (Å²) in [5.74, 6) is -0.418. The topological polar surface area (TPSA) is 23.8 Å². The summed E-state index contributed by atoms with van der Waals surface area (Å²) >= 11 is 1.87. The molecule has 0 aliphatic heterocycles. The van der Waals surface area contributed by atoms with E-state index >= 15 is 0 Å². The first-order chi connectivity index (χ1) is 5.15. The van der Waals surface area contributed by atoms with Crippen LogP contribution in [0.2, 0.25) is 0 Å². The van der Waals surface area contributed by atoms with Gasteiger partial charge in [0.05, 0.1) is 9.13 Å². The molecule has 0 spiro atoms. The molecular formula is C8H5FIN. The molecule has 0 saturated heterocycles. The lowest BCUT2D eigenvalue weighted by atomic mass is 10.1. The summed E-state index contributed by atoms with van der Waals surface area (Å²) in [6.07, 6.45) is 0. The molecular weight excluding hydrogens is 256 g/mol. The third kappa shape index (κ3) is 1.69. The van der Waals surface area contributed by atoms with E-state index in [1.807, 2.05) is 29.5 Å². The molecule has 0 N–H and O–H groups in total. The highest BCUT2D eigenvalue weighted by Gasteiger charge is 2.05. The molecule has 1 nitrogen and oxygen atoms in total. The van der Waals surface area contributed by atoms with Gasteiger partial charge in [-0.3, -0.25) is 0 Å². The quantitative estimate of drug-likeness (QED) is 0.658. The molecule has 1 aromatic carbocycles. The maximum absolute atomic E-state index is 13.0. The highest BCUT2D eigenvalue weighted by atomic mass is 127. The first-order valence-corrected chi connectivity index (χ1v) is 4.09. The van der Waals surface area contributed by atoms with E-state index in [9.17, 15) is 4.39 Å². The Labute approximate surface area is 78.0 Å². The Hall–Kier alpha value is -0.630. The summed E-state index contributed by atoms with van der Waals surface area (Å²) in [5, 5.41) is 8.47. The second-order valence-corrected chi connectivity index (χ2v) is 3.38. The molecule has 0 aromatic heterocycles. The number of nitrogens with zero attached hydrogens (tertiary/aromatic N) is 1. The minimum Gasteiger partial charge on any atom is -0.204 e. The number of benzene rings is 1. The summed E-state index contributed by atoms with van der Waals surface area (Å²) in [6.45, 7) is 1.84. The lowest BCUT2D eigenvalue weighted by Gasteiger charge is -1.98. The van der Waals surface area contributed by atoms with Crippen molar-refractivity contribution in [1.29, 1.82) is 5.26 Å². The third-order valence-electron chi connectivity index (χ3n) is 1.29. The lowest BCUT2D eigenvalue weighted by molar-refractivity contribution is 0.616. The zero-order valence-corrected chi connectivity index (χ0v) is 8.02. The van der Waals surface area contributed by atoms with Crippen molar-refractivity contribution in [3.05, 3.63) is 32.6 Å². The molecule has 0 heterocycles. The van der Waals surface area contributed by atoms with Crippen molar-refractivity contribution in [3.8, 4) is 6.07 Å². The van der Waals surface area contributed by atoms with E-state index < -0.39 is 5.82 Å². The van der Waals surface area contributed by atoms with Crippen LogP contribution in [0.15, 0.2) is 12.1 Å². The second kappa shape index (κ2) is 3.18. The lowest BCUT2D eigenvalue weighted by Crippen LogP contribution is -1.89. The Bertz CT molecular complexity index is 328. The van der Waals surface area contributed by atoms with Gasteiger partial charge in [-0.2, -0.15) is 5.26 Å². The van der Waals surface area contributed by atoms with Crippen molar-refractivity contribution in [2.24, 2.45) is 0 Å². The van der Waals surface area contributed by atoms with Crippen LogP contribution in [0.4, 0.5) is 4.39 Å². The molecule has 1 rings (SSSR count). The predicted octanol–water partition coefficient (Wildman–Crippen LogP) is 2.61. The molecule has 0 radical (unpaired) electrons. The number of hydrogen-bond donors (Lipinski definition) is 0.